The lowest BCUT2D eigenvalue weighted by molar-refractivity contribution is 0.627. The molecule has 0 unspecified atom stereocenters. The fourth-order valence-electron chi connectivity index (χ4n) is 1.48. The Morgan fingerprint density at radius 2 is 2.19 bits per heavy atom. The summed E-state index contributed by atoms with van der Waals surface area (Å²) in [6, 6.07) is 0. The van der Waals surface area contributed by atoms with E-state index >= 15 is 0 Å². The average Bonchev–Trinajstić information content (AvgIpc) is 2.61. The fourth-order valence-corrected chi connectivity index (χ4v) is 3.64. The first-order valence-electron chi connectivity index (χ1n) is 5.62. The molecule has 0 aliphatic rings. The molecule has 0 spiro atoms. The van der Waals surface area contributed by atoms with E-state index in [9.17, 15) is 0 Å². The van der Waals surface area contributed by atoms with Crippen LogP contribution in [0.2, 0.25) is 0 Å². The van der Waals surface area contributed by atoms with Crippen LogP contribution < -0.4 is 0 Å². The highest BCUT2D eigenvalue weighted by Crippen LogP contribution is 2.26. The minimum absolute atomic E-state index is 0.751. The minimum Gasteiger partial charge on any atom is -0.268 e. The van der Waals surface area contributed by atoms with Crippen molar-refractivity contribution < 1.29 is 0 Å². The molecule has 0 aliphatic carbocycles. The first kappa shape index (κ1) is 14.4. The maximum atomic E-state index is 5.66. The smallest absolute Gasteiger partial charge is 0.0767 e. The molecule has 0 saturated carbocycles. The van der Waals surface area contributed by atoms with Gasteiger partial charge in [0.05, 0.1) is 15.9 Å². The Morgan fingerprint density at radius 3 is 2.75 bits per heavy atom. The summed E-state index contributed by atoms with van der Waals surface area (Å²) in [5, 5.41) is 4.58. The first-order chi connectivity index (χ1) is 7.74. The Kier molecular flexibility index (Phi) is 6.85. The Morgan fingerprint density at radius 1 is 1.44 bits per heavy atom. The van der Waals surface area contributed by atoms with Crippen molar-refractivity contribution in [3.8, 4) is 0 Å². The molecule has 16 heavy (non-hydrogen) atoms. The lowest BCUT2D eigenvalue weighted by atomic mass is 10.3. The Labute approximate surface area is 115 Å². The molecule has 0 fully saturated rings. The summed E-state index contributed by atoms with van der Waals surface area (Å²) in [5.74, 6) is 2.88. The molecule has 0 bridgehead atoms. The average molecular weight is 326 g/mol. The molecule has 1 rings (SSSR count). The number of thioether (sulfide) groups is 1. The number of aromatic nitrogens is 2. The van der Waals surface area contributed by atoms with Gasteiger partial charge in [-0.3, -0.25) is 4.68 Å². The predicted octanol–water partition coefficient (Wildman–Crippen LogP) is 4.09. The Balaban J connectivity index is 2.65. The molecule has 0 radical (unpaired) electrons. The van der Waals surface area contributed by atoms with Gasteiger partial charge in [-0.15, -0.1) is 11.6 Å². The van der Waals surface area contributed by atoms with Crippen LogP contribution in [-0.2, 0) is 18.7 Å². The number of rotatable bonds is 7. The number of aryl methyl sites for hydroxylation is 2. The summed E-state index contributed by atoms with van der Waals surface area (Å²) in [7, 11) is 0. The van der Waals surface area contributed by atoms with E-state index in [4.69, 9.17) is 11.6 Å². The van der Waals surface area contributed by atoms with Gasteiger partial charge in [0.2, 0.25) is 0 Å². The molecule has 0 saturated heterocycles. The van der Waals surface area contributed by atoms with Gasteiger partial charge in [-0.2, -0.15) is 16.9 Å². The van der Waals surface area contributed by atoms with Crippen LogP contribution >= 0.6 is 39.3 Å². The zero-order chi connectivity index (χ0) is 12.0. The summed E-state index contributed by atoms with van der Waals surface area (Å²) < 4.78 is 3.28. The van der Waals surface area contributed by atoms with E-state index in [1.165, 1.54) is 10.2 Å². The van der Waals surface area contributed by atoms with E-state index in [1.54, 1.807) is 0 Å². The second-order valence-electron chi connectivity index (χ2n) is 3.47. The molecule has 0 aromatic carbocycles. The monoisotopic (exact) mass is 324 g/mol. The standard InChI is InChI=1S/C11H18BrClN2S/c1-3-9-11(12)10(15(4-2)14-9)8-16-7-5-6-13/h3-8H2,1-2H3. The van der Waals surface area contributed by atoms with Gasteiger partial charge in [0.1, 0.15) is 0 Å². The lowest BCUT2D eigenvalue weighted by Crippen LogP contribution is -2.02. The van der Waals surface area contributed by atoms with Crippen molar-refractivity contribution in [2.75, 3.05) is 11.6 Å². The van der Waals surface area contributed by atoms with Crippen molar-refractivity contribution in [1.82, 2.24) is 9.78 Å². The fraction of sp³-hybridized carbons (Fsp3) is 0.727. The van der Waals surface area contributed by atoms with E-state index < -0.39 is 0 Å². The van der Waals surface area contributed by atoms with Crippen molar-refractivity contribution in [2.45, 2.75) is 39.0 Å². The number of hydrogen-bond acceptors (Lipinski definition) is 2. The van der Waals surface area contributed by atoms with Crippen LogP contribution in [0.25, 0.3) is 0 Å². The van der Waals surface area contributed by atoms with Gasteiger partial charge in [-0.05, 0) is 41.4 Å². The number of alkyl halides is 1. The maximum absolute atomic E-state index is 5.66. The van der Waals surface area contributed by atoms with Crippen LogP contribution in [0.4, 0.5) is 0 Å². The molecule has 5 heteroatoms. The molecule has 0 atom stereocenters. The van der Waals surface area contributed by atoms with Crippen LogP contribution in [0.15, 0.2) is 4.47 Å². The third-order valence-electron chi connectivity index (χ3n) is 2.36. The van der Waals surface area contributed by atoms with Crippen LogP contribution in [0.5, 0.6) is 0 Å². The molecular formula is C11H18BrClN2S. The van der Waals surface area contributed by atoms with Crippen LogP contribution in [0, 0.1) is 0 Å². The van der Waals surface area contributed by atoms with Crippen molar-refractivity contribution in [3.05, 3.63) is 15.9 Å². The van der Waals surface area contributed by atoms with Gasteiger partial charge in [0, 0.05) is 18.2 Å². The number of nitrogens with zero attached hydrogens (tertiary/aromatic N) is 2. The highest BCUT2D eigenvalue weighted by Gasteiger charge is 2.13. The molecule has 2 nitrogen and oxygen atoms in total. The first-order valence-corrected chi connectivity index (χ1v) is 8.10. The molecule has 1 aromatic heterocycles. The predicted molar refractivity (Wildman–Crippen MR) is 76.5 cm³/mol. The third kappa shape index (κ3) is 3.67. The molecule has 1 heterocycles. The molecule has 92 valence electrons. The summed E-state index contributed by atoms with van der Waals surface area (Å²) in [6.45, 7) is 5.20. The normalized spacial score (nSPS) is 11.0. The van der Waals surface area contributed by atoms with E-state index in [0.29, 0.717) is 0 Å². The quantitative estimate of drug-likeness (QED) is 0.555. The second kappa shape index (κ2) is 7.62. The van der Waals surface area contributed by atoms with Crippen LogP contribution in [0.1, 0.15) is 31.7 Å². The van der Waals surface area contributed by atoms with Gasteiger partial charge in [-0.1, -0.05) is 6.92 Å². The number of halogens is 2. The summed E-state index contributed by atoms with van der Waals surface area (Å²) >= 11 is 11.2. The summed E-state index contributed by atoms with van der Waals surface area (Å²) in [5.41, 5.74) is 2.47. The zero-order valence-electron chi connectivity index (χ0n) is 9.80. The van der Waals surface area contributed by atoms with Gasteiger partial charge in [-0.25, -0.2) is 0 Å². The van der Waals surface area contributed by atoms with Gasteiger partial charge in [0.25, 0.3) is 0 Å². The molecular weight excluding hydrogens is 308 g/mol. The largest absolute Gasteiger partial charge is 0.268 e. The number of hydrogen-bond donors (Lipinski definition) is 0. The zero-order valence-corrected chi connectivity index (χ0v) is 13.0. The van der Waals surface area contributed by atoms with Crippen molar-refractivity contribution in [3.63, 3.8) is 0 Å². The Bertz CT molecular complexity index is 328. The summed E-state index contributed by atoms with van der Waals surface area (Å²) in [6.07, 6.45) is 2.05. The van der Waals surface area contributed by atoms with Gasteiger partial charge >= 0.3 is 0 Å². The van der Waals surface area contributed by atoms with E-state index in [0.717, 1.165) is 42.5 Å². The summed E-state index contributed by atoms with van der Waals surface area (Å²) in [4.78, 5) is 0. The second-order valence-corrected chi connectivity index (χ2v) is 5.75. The Hall–Kier alpha value is 0.330. The van der Waals surface area contributed by atoms with E-state index in [-0.39, 0.29) is 0 Å². The van der Waals surface area contributed by atoms with E-state index in [2.05, 4.69) is 39.6 Å². The maximum Gasteiger partial charge on any atom is 0.0767 e. The van der Waals surface area contributed by atoms with Gasteiger partial charge < -0.3 is 0 Å². The van der Waals surface area contributed by atoms with Crippen LogP contribution in [0.3, 0.4) is 0 Å². The topological polar surface area (TPSA) is 17.8 Å². The van der Waals surface area contributed by atoms with Crippen molar-refractivity contribution in [2.24, 2.45) is 0 Å². The lowest BCUT2D eigenvalue weighted by Gasteiger charge is -2.04. The highest BCUT2D eigenvalue weighted by atomic mass is 79.9. The van der Waals surface area contributed by atoms with Crippen molar-refractivity contribution >= 4 is 39.3 Å². The molecule has 0 N–H and O–H groups in total. The molecule has 0 aliphatic heterocycles. The SMILES string of the molecule is CCc1nn(CC)c(CSCCCCl)c1Br. The van der Waals surface area contributed by atoms with Crippen LogP contribution in [-0.4, -0.2) is 21.4 Å². The van der Waals surface area contributed by atoms with E-state index in [1.807, 2.05) is 11.8 Å². The van der Waals surface area contributed by atoms with Gasteiger partial charge in [0.15, 0.2) is 0 Å². The minimum atomic E-state index is 0.751. The molecule has 0 amide bonds. The third-order valence-corrected chi connectivity index (χ3v) is 4.59. The van der Waals surface area contributed by atoms with Crippen molar-refractivity contribution in [1.29, 1.82) is 0 Å². The highest BCUT2D eigenvalue weighted by molar-refractivity contribution is 9.10. The molecule has 1 aromatic rings.